The molecule has 0 saturated carbocycles. The minimum absolute atomic E-state index is 0.0365. The number of carboxylic acids is 1. The zero-order valence-corrected chi connectivity index (χ0v) is 11.0. The number of carbonyl (C=O) groups is 1. The first-order valence-corrected chi connectivity index (χ1v) is 6.19. The standard InChI is InChI=1S/C15H8F2N2O3/c16-8-3-5-9(6-4-8)19-13(17)11(15(21)22)12(20)10-2-1-7-18-14(10)19/h1-7H,(H,21,22). The SMILES string of the molecule is O=C(O)c1c(F)n(-c2ccc(F)cc2)c2ncccc2c1=O. The lowest BCUT2D eigenvalue weighted by atomic mass is 10.1. The molecule has 0 radical (unpaired) electrons. The predicted octanol–water partition coefficient (Wildman–Crippen LogP) is 2.36. The lowest BCUT2D eigenvalue weighted by molar-refractivity contribution is 0.0689. The Morgan fingerprint density at radius 1 is 1.14 bits per heavy atom. The molecule has 7 heteroatoms. The van der Waals surface area contributed by atoms with Crippen LogP contribution in [0.4, 0.5) is 8.78 Å². The van der Waals surface area contributed by atoms with Crippen molar-refractivity contribution in [1.82, 2.24) is 9.55 Å². The van der Waals surface area contributed by atoms with Gasteiger partial charge in [0.1, 0.15) is 5.82 Å². The zero-order valence-electron chi connectivity index (χ0n) is 11.0. The molecule has 0 aliphatic heterocycles. The molecule has 0 atom stereocenters. The van der Waals surface area contributed by atoms with Crippen LogP contribution < -0.4 is 5.43 Å². The smallest absolute Gasteiger partial charge is 0.344 e. The van der Waals surface area contributed by atoms with Crippen molar-refractivity contribution >= 4 is 17.0 Å². The predicted molar refractivity (Wildman–Crippen MR) is 74.2 cm³/mol. The number of nitrogens with zero attached hydrogens (tertiary/aromatic N) is 2. The van der Waals surface area contributed by atoms with Crippen LogP contribution in [-0.4, -0.2) is 20.6 Å². The van der Waals surface area contributed by atoms with Gasteiger partial charge in [0.25, 0.3) is 0 Å². The topological polar surface area (TPSA) is 72.2 Å². The van der Waals surface area contributed by atoms with Crippen LogP contribution >= 0.6 is 0 Å². The summed E-state index contributed by atoms with van der Waals surface area (Å²) in [6.45, 7) is 0. The molecule has 1 N–H and O–H groups in total. The van der Waals surface area contributed by atoms with Gasteiger partial charge >= 0.3 is 5.97 Å². The van der Waals surface area contributed by atoms with E-state index in [9.17, 15) is 18.4 Å². The van der Waals surface area contributed by atoms with E-state index in [1.54, 1.807) is 0 Å². The van der Waals surface area contributed by atoms with E-state index < -0.39 is 28.7 Å². The van der Waals surface area contributed by atoms with Gasteiger partial charge in [-0.05, 0) is 36.4 Å². The van der Waals surface area contributed by atoms with Crippen molar-refractivity contribution in [2.75, 3.05) is 0 Å². The average Bonchev–Trinajstić information content (AvgIpc) is 2.49. The van der Waals surface area contributed by atoms with Gasteiger partial charge in [-0.15, -0.1) is 0 Å². The van der Waals surface area contributed by atoms with Crippen molar-refractivity contribution in [2.45, 2.75) is 0 Å². The molecule has 0 fully saturated rings. The van der Waals surface area contributed by atoms with Gasteiger partial charge in [-0.1, -0.05) is 0 Å². The Labute approximate surface area is 122 Å². The van der Waals surface area contributed by atoms with Crippen LogP contribution in [0.15, 0.2) is 47.4 Å². The summed E-state index contributed by atoms with van der Waals surface area (Å²) in [6, 6.07) is 7.54. The Bertz CT molecular complexity index is 949. The average molecular weight is 302 g/mol. The third-order valence-electron chi connectivity index (χ3n) is 3.17. The summed E-state index contributed by atoms with van der Waals surface area (Å²) in [7, 11) is 0. The Morgan fingerprint density at radius 3 is 2.45 bits per heavy atom. The molecule has 0 spiro atoms. The van der Waals surface area contributed by atoms with Crippen molar-refractivity contribution in [2.24, 2.45) is 0 Å². The van der Waals surface area contributed by atoms with E-state index in [0.717, 1.165) is 16.7 Å². The van der Waals surface area contributed by atoms with E-state index in [2.05, 4.69) is 4.98 Å². The summed E-state index contributed by atoms with van der Waals surface area (Å²) in [6.07, 6.45) is 1.35. The molecular formula is C15H8F2N2O3. The van der Waals surface area contributed by atoms with E-state index in [4.69, 9.17) is 5.11 Å². The van der Waals surface area contributed by atoms with Crippen molar-refractivity contribution < 1.29 is 18.7 Å². The van der Waals surface area contributed by atoms with Gasteiger partial charge < -0.3 is 5.11 Å². The van der Waals surface area contributed by atoms with Crippen LogP contribution in [-0.2, 0) is 0 Å². The second kappa shape index (κ2) is 5.03. The molecule has 0 unspecified atom stereocenters. The highest BCUT2D eigenvalue weighted by atomic mass is 19.1. The number of fused-ring (bicyclic) bond motifs is 1. The lowest BCUT2D eigenvalue weighted by Gasteiger charge is -2.13. The maximum atomic E-state index is 14.5. The molecule has 110 valence electrons. The van der Waals surface area contributed by atoms with Gasteiger partial charge in [-0.25, -0.2) is 14.2 Å². The fraction of sp³-hybridized carbons (Fsp3) is 0. The summed E-state index contributed by atoms with van der Waals surface area (Å²) < 4.78 is 28.4. The highest BCUT2D eigenvalue weighted by Gasteiger charge is 2.23. The number of benzene rings is 1. The van der Waals surface area contributed by atoms with E-state index in [1.165, 1.54) is 30.5 Å². The monoisotopic (exact) mass is 302 g/mol. The number of hydrogen-bond donors (Lipinski definition) is 1. The molecule has 2 aromatic heterocycles. The molecule has 0 aliphatic carbocycles. The Hall–Kier alpha value is -3.09. The Kier molecular flexibility index (Phi) is 3.17. The van der Waals surface area contributed by atoms with Gasteiger partial charge in [0, 0.05) is 6.20 Å². The summed E-state index contributed by atoms with van der Waals surface area (Å²) in [5.74, 6) is -3.46. The number of pyridine rings is 2. The maximum absolute atomic E-state index is 14.5. The van der Waals surface area contributed by atoms with Crippen LogP contribution in [0.25, 0.3) is 16.7 Å². The number of aromatic carboxylic acids is 1. The van der Waals surface area contributed by atoms with Crippen molar-refractivity contribution in [1.29, 1.82) is 0 Å². The summed E-state index contributed by atoms with van der Waals surface area (Å²) in [5, 5.41) is 9.05. The fourth-order valence-electron chi connectivity index (χ4n) is 2.20. The first kappa shape index (κ1) is 13.9. The van der Waals surface area contributed by atoms with Crippen LogP contribution in [0, 0.1) is 11.8 Å². The van der Waals surface area contributed by atoms with Crippen molar-refractivity contribution in [3.8, 4) is 5.69 Å². The van der Waals surface area contributed by atoms with Crippen LogP contribution in [0.1, 0.15) is 10.4 Å². The lowest BCUT2D eigenvalue weighted by Crippen LogP contribution is -2.23. The second-order valence-electron chi connectivity index (χ2n) is 4.49. The molecule has 0 saturated heterocycles. The summed E-state index contributed by atoms with van der Waals surface area (Å²) in [5.41, 5.74) is -1.82. The number of rotatable bonds is 2. The Morgan fingerprint density at radius 2 is 1.82 bits per heavy atom. The third-order valence-corrected chi connectivity index (χ3v) is 3.17. The minimum Gasteiger partial charge on any atom is -0.477 e. The van der Waals surface area contributed by atoms with Gasteiger partial charge in [-0.3, -0.25) is 9.36 Å². The van der Waals surface area contributed by atoms with Gasteiger partial charge in [0.2, 0.25) is 11.4 Å². The van der Waals surface area contributed by atoms with Crippen LogP contribution in [0.2, 0.25) is 0 Å². The molecule has 5 nitrogen and oxygen atoms in total. The molecule has 0 amide bonds. The first-order valence-electron chi connectivity index (χ1n) is 6.19. The largest absolute Gasteiger partial charge is 0.477 e. The zero-order chi connectivity index (χ0) is 15.9. The minimum atomic E-state index is -1.68. The molecular weight excluding hydrogens is 294 g/mol. The quantitative estimate of drug-likeness (QED) is 0.738. The normalized spacial score (nSPS) is 10.8. The van der Waals surface area contributed by atoms with Gasteiger partial charge in [0.05, 0.1) is 11.1 Å². The van der Waals surface area contributed by atoms with Crippen LogP contribution in [0.5, 0.6) is 0 Å². The van der Waals surface area contributed by atoms with E-state index >= 15 is 0 Å². The summed E-state index contributed by atoms with van der Waals surface area (Å²) >= 11 is 0. The van der Waals surface area contributed by atoms with Gasteiger partial charge in [0.15, 0.2) is 11.2 Å². The summed E-state index contributed by atoms with van der Waals surface area (Å²) in [4.78, 5) is 27.2. The third kappa shape index (κ3) is 2.03. The van der Waals surface area contributed by atoms with Crippen molar-refractivity contribution in [3.63, 3.8) is 0 Å². The molecule has 0 aliphatic rings. The second-order valence-corrected chi connectivity index (χ2v) is 4.49. The Balaban J connectivity index is 2.50. The molecule has 2 heterocycles. The highest BCUT2D eigenvalue weighted by Crippen LogP contribution is 2.19. The van der Waals surface area contributed by atoms with E-state index in [0.29, 0.717) is 0 Å². The number of aromatic nitrogens is 2. The van der Waals surface area contributed by atoms with Crippen molar-refractivity contribution in [3.05, 3.63) is 70.1 Å². The molecule has 0 bridgehead atoms. The van der Waals surface area contributed by atoms with E-state index in [-0.39, 0.29) is 16.7 Å². The van der Waals surface area contributed by atoms with Crippen LogP contribution in [0.3, 0.4) is 0 Å². The molecule has 1 aromatic carbocycles. The maximum Gasteiger partial charge on any atom is 0.344 e. The number of carboxylic acid groups (broad SMARTS) is 1. The number of halogens is 2. The van der Waals surface area contributed by atoms with E-state index in [1.807, 2.05) is 0 Å². The molecule has 3 aromatic rings. The highest BCUT2D eigenvalue weighted by molar-refractivity contribution is 5.92. The fourth-order valence-corrected chi connectivity index (χ4v) is 2.20. The first-order chi connectivity index (χ1) is 10.5. The number of hydrogen-bond acceptors (Lipinski definition) is 3. The van der Waals surface area contributed by atoms with Gasteiger partial charge in [-0.2, -0.15) is 4.39 Å². The molecule has 22 heavy (non-hydrogen) atoms. The molecule has 3 rings (SSSR count).